The number of rotatable bonds is 30. The van der Waals surface area contributed by atoms with Gasteiger partial charge in [-0.3, -0.25) is 0 Å². The molecule has 0 aliphatic carbocycles. The summed E-state index contributed by atoms with van der Waals surface area (Å²) in [6.07, 6.45) is -5.07. The summed E-state index contributed by atoms with van der Waals surface area (Å²) < 4.78 is 20.3. The number of likely N-dealkylation sites (N-methyl/N-ethyl adjacent to an activating group) is 6. The van der Waals surface area contributed by atoms with Crippen LogP contribution in [0.3, 0.4) is 0 Å². The summed E-state index contributed by atoms with van der Waals surface area (Å²) in [4.78, 5) is 65.1. The first-order valence-corrected chi connectivity index (χ1v) is 20.8. The quantitative estimate of drug-likeness (QED) is 0.0606. The van der Waals surface area contributed by atoms with Gasteiger partial charge in [-0.25, -0.2) is 0 Å². The van der Waals surface area contributed by atoms with Crippen LogP contribution in [-0.4, -0.2) is 265 Å². The van der Waals surface area contributed by atoms with Gasteiger partial charge in [0.25, 0.3) is 0 Å². The Morgan fingerprint density at radius 3 is 0.429 bits per heavy atom. The fraction of sp³-hybridized carbons (Fsp3) is 0.857. The molecule has 0 N–H and O–H groups in total. The second-order valence-electron chi connectivity index (χ2n) is 22.4. The van der Waals surface area contributed by atoms with E-state index >= 15 is 0 Å². The first kappa shape index (κ1) is 63.7. The van der Waals surface area contributed by atoms with Crippen molar-refractivity contribution in [2.24, 2.45) is 0 Å². The lowest BCUT2D eigenvalue weighted by atomic mass is 10.2. The summed E-state index contributed by atoms with van der Waals surface area (Å²) in [6.45, 7) is 2.72. The molecule has 0 bridgehead atoms. The van der Waals surface area contributed by atoms with E-state index in [1.165, 1.54) is 0 Å². The summed E-state index contributed by atoms with van der Waals surface area (Å²) in [5.74, 6) is -7.22. The van der Waals surface area contributed by atoms with E-state index in [-0.39, 0.29) is 38.5 Å². The molecule has 0 heterocycles. The molecule has 0 aromatic rings. The molecule has 0 amide bonds. The van der Waals surface area contributed by atoms with Crippen LogP contribution in [-0.2, 0) is 43.0 Å². The van der Waals surface area contributed by atoms with E-state index in [0.717, 1.165) is 0 Å². The smallest absolute Gasteiger partial charge is 0.112 e. The fourth-order valence-corrected chi connectivity index (χ4v) is 6.53. The van der Waals surface area contributed by atoms with E-state index in [9.17, 15) is 59.4 Å². The van der Waals surface area contributed by atoms with Crippen molar-refractivity contribution >= 4 is 35.8 Å². The molecule has 0 rings (SSSR count). The number of carbonyl (C=O) groups is 6. The number of carboxylic acids is 6. The number of nitrogens with zero attached hydrogens (tertiary/aromatic N) is 6. The van der Waals surface area contributed by atoms with E-state index in [4.69, 9.17) is 14.2 Å². The van der Waals surface area contributed by atoms with Crippen molar-refractivity contribution in [3.05, 3.63) is 0 Å². The maximum Gasteiger partial charge on any atom is 0.112 e. The molecule has 63 heavy (non-hydrogen) atoms. The van der Waals surface area contributed by atoms with Crippen LogP contribution in [0.1, 0.15) is 38.5 Å². The molecular formula is C42H84N6O15. The van der Waals surface area contributed by atoms with Crippen molar-refractivity contribution in [1.82, 2.24) is 0 Å². The Labute approximate surface area is 377 Å². The van der Waals surface area contributed by atoms with Gasteiger partial charge in [-0.2, -0.15) is 0 Å². The van der Waals surface area contributed by atoms with Crippen LogP contribution in [0.2, 0.25) is 0 Å². The Balaban J connectivity index is -0.000000857. The van der Waals surface area contributed by atoms with E-state index in [0.29, 0.717) is 66.2 Å². The third-order valence-electron chi connectivity index (χ3n) is 8.03. The monoisotopic (exact) mass is 913 g/mol. The molecular weight excluding hydrogens is 828 g/mol. The number of carbonyl (C=O) groups excluding carboxylic acids is 6. The minimum Gasteiger partial charge on any atom is -0.550 e. The molecule has 0 saturated heterocycles. The maximum absolute atomic E-state index is 10.9. The molecule has 0 fully saturated rings. The highest BCUT2D eigenvalue weighted by atomic mass is 16.5. The average Bonchev–Trinajstić information content (AvgIpc) is 2.90. The van der Waals surface area contributed by atoms with Gasteiger partial charge in [0, 0.05) is 74.3 Å². The zero-order chi connectivity index (χ0) is 50.5. The molecule has 372 valence electrons. The van der Waals surface area contributed by atoms with Crippen LogP contribution in [0.4, 0.5) is 0 Å². The van der Waals surface area contributed by atoms with Gasteiger partial charge in [-0.05, 0) is 0 Å². The maximum atomic E-state index is 10.9. The zero-order valence-corrected chi connectivity index (χ0v) is 41.8. The van der Waals surface area contributed by atoms with Crippen LogP contribution in [0.25, 0.3) is 0 Å². The number of carboxylic acid groups (broad SMARTS) is 6. The lowest BCUT2D eigenvalue weighted by Crippen LogP contribution is -2.49. The van der Waals surface area contributed by atoms with Gasteiger partial charge in [0.05, 0.1) is 127 Å². The summed E-state index contributed by atoms with van der Waals surface area (Å²) in [5.41, 5.74) is 0. The molecule has 6 atom stereocenters. The van der Waals surface area contributed by atoms with Gasteiger partial charge in [-0.15, -0.1) is 0 Å². The summed E-state index contributed by atoms with van der Waals surface area (Å²) in [6, 6.07) is 0. The van der Waals surface area contributed by atoms with Crippen molar-refractivity contribution < 1.29 is 101 Å². The first-order chi connectivity index (χ1) is 27.8. The number of hydrogen-bond acceptors (Lipinski definition) is 15. The third-order valence-corrected chi connectivity index (χ3v) is 8.03. The summed E-state index contributed by atoms with van der Waals surface area (Å²) in [5, 5.41) is 65.1. The van der Waals surface area contributed by atoms with E-state index in [2.05, 4.69) is 0 Å². The van der Waals surface area contributed by atoms with Gasteiger partial charge in [0.2, 0.25) is 0 Å². The largest absolute Gasteiger partial charge is 0.550 e. The Hall–Kier alpha value is -3.54. The van der Waals surface area contributed by atoms with E-state index in [1.54, 1.807) is 0 Å². The van der Waals surface area contributed by atoms with E-state index < -0.39 is 72.4 Å². The molecule has 0 spiro atoms. The molecule has 0 aliphatic rings. The van der Waals surface area contributed by atoms with Crippen molar-refractivity contribution in [3.8, 4) is 0 Å². The Morgan fingerprint density at radius 1 is 0.270 bits per heavy atom. The minimum absolute atomic E-state index is 0.254. The first-order valence-electron chi connectivity index (χ1n) is 20.8. The lowest BCUT2D eigenvalue weighted by Gasteiger charge is -2.34. The zero-order valence-electron chi connectivity index (χ0n) is 41.8. The molecule has 0 aliphatic heterocycles. The average molecular weight is 913 g/mol. The second-order valence-corrected chi connectivity index (χ2v) is 22.4. The standard InChI is InChI=1S/3C14H28N2O5/c3*1-15(2,3)9-11(7-13(17)18)21-12(8-14(19)20)10-16(4,5)6/h3*11-12H,7-10H2,1-6H3. The molecule has 0 saturated carbocycles. The Kier molecular flexibility index (Phi) is 28.0. The van der Waals surface area contributed by atoms with Crippen LogP contribution in [0.15, 0.2) is 0 Å². The van der Waals surface area contributed by atoms with Crippen LogP contribution < -0.4 is 30.6 Å². The molecule has 21 nitrogen and oxygen atoms in total. The molecule has 0 radical (unpaired) electrons. The lowest BCUT2D eigenvalue weighted by molar-refractivity contribution is -0.878. The number of aliphatic carboxylic acids is 6. The second kappa shape index (κ2) is 27.7. The van der Waals surface area contributed by atoms with Gasteiger partial charge < -0.3 is 101 Å². The van der Waals surface area contributed by atoms with Crippen molar-refractivity contribution in [1.29, 1.82) is 0 Å². The van der Waals surface area contributed by atoms with Gasteiger partial charge in [0.15, 0.2) is 0 Å². The number of hydrogen-bond donors (Lipinski definition) is 0. The molecule has 0 aromatic carbocycles. The highest BCUT2D eigenvalue weighted by Crippen LogP contribution is 2.15. The van der Waals surface area contributed by atoms with Crippen LogP contribution in [0, 0.1) is 0 Å². The normalized spacial score (nSPS) is 15.5. The van der Waals surface area contributed by atoms with Crippen molar-refractivity contribution in [2.75, 3.05) is 166 Å². The highest BCUT2D eigenvalue weighted by Gasteiger charge is 2.29. The topological polar surface area (TPSA) is 268 Å². The van der Waals surface area contributed by atoms with Gasteiger partial charge in [-0.1, -0.05) is 0 Å². The fourth-order valence-electron chi connectivity index (χ4n) is 6.53. The predicted octanol–water partition coefficient (Wildman–Crippen LogP) is -7.70. The predicted molar refractivity (Wildman–Crippen MR) is 221 cm³/mol. The van der Waals surface area contributed by atoms with Gasteiger partial charge >= 0.3 is 0 Å². The number of ether oxygens (including phenoxy) is 3. The Bertz CT molecular complexity index is 1140. The molecule has 0 aromatic heterocycles. The van der Waals surface area contributed by atoms with Crippen molar-refractivity contribution in [3.63, 3.8) is 0 Å². The number of quaternary nitrogens is 6. The van der Waals surface area contributed by atoms with Crippen LogP contribution >= 0.6 is 0 Å². The summed E-state index contributed by atoms with van der Waals surface area (Å²) in [7, 11) is 34.5. The third kappa shape index (κ3) is 47.8. The minimum atomic E-state index is -1.20. The van der Waals surface area contributed by atoms with Gasteiger partial charge in [0.1, 0.15) is 75.9 Å². The van der Waals surface area contributed by atoms with Crippen LogP contribution in [0.5, 0.6) is 0 Å². The van der Waals surface area contributed by atoms with Crippen molar-refractivity contribution in [2.45, 2.75) is 75.1 Å². The molecule has 21 heteroatoms. The summed E-state index contributed by atoms with van der Waals surface area (Å²) >= 11 is 0. The van der Waals surface area contributed by atoms with E-state index in [1.807, 2.05) is 127 Å². The highest BCUT2D eigenvalue weighted by molar-refractivity contribution is 5.66. The molecule has 6 unspecified atom stereocenters. The Morgan fingerprint density at radius 2 is 0.365 bits per heavy atom. The SMILES string of the molecule is C[N+](C)(C)CC(CC(=O)[O-])OC(CC(=O)[O-])C[N+](C)(C)C.C[N+](C)(C)CC(CC(=O)[O-])OC(CC(=O)[O-])C[N+](C)(C)C.C[N+](C)(C)CC(CC(=O)[O-])OC(CC(=O)[O-])C[N+](C)(C)C.